The van der Waals surface area contributed by atoms with E-state index in [0.29, 0.717) is 37.2 Å². The molecule has 70 heavy (non-hydrogen) atoms. The molecule has 0 heterocycles. The molecule has 0 aliphatic heterocycles. The van der Waals surface area contributed by atoms with Crippen molar-refractivity contribution in [1.29, 1.82) is 0 Å². The van der Waals surface area contributed by atoms with Crippen molar-refractivity contribution < 1.29 is 57.3 Å². The molecule has 0 fully saturated rings. The predicted octanol–water partition coefficient (Wildman–Crippen LogP) is 5.13. The second kappa shape index (κ2) is 29.9. The first-order valence-electron chi connectivity index (χ1n) is 24.6. The van der Waals surface area contributed by atoms with Gasteiger partial charge in [0.25, 0.3) is 0 Å². The van der Waals surface area contributed by atoms with Crippen LogP contribution in [0.1, 0.15) is 122 Å². The zero-order chi connectivity index (χ0) is 52.8. The van der Waals surface area contributed by atoms with Gasteiger partial charge < -0.3 is 50.8 Å². The maximum Gasteiger partial charge on any atom is 0.328 e. The SMILES string of the molecule is COC(=O)[C@@H](NC(=O)C(CC(C)C)NC(=O)C(NC(=O)CCCOc1ccc2ccc(OCCCC(=O)NC(C(=O)NC(CC(C)C)C(=O)N[C@H](C(=O)OC)C(C)C)C(C)C)cc2c1)C(C)C)C(C)C. The molecule has 2 aromatic rings. The Kier molecular flexibility index (Phi) is 25.7. The molecule has 0 saturated heterocycles. The average molecular weight is 983 g/mol. The van der Waals surface area contributed by atoms with Gasteiger partial charge in [0.15, 0.2) is 0 Å². The van der Waals surface area contributed by atoms with Crippen molar-refractivity contribution in [3.8, 4) is 11.5 Å². The number of methoxy groups -OCH3 is 2. The van der Waals surface area contributed by atoms with Crippen molar-refractivity contribution in [1.82, 2.24) is 31.9 Å². The fraction of sp³-hybridized carbons (Fsp3) is 0.654. The number of amides is 6. The minimum absolute atomic E-state index is 0.0453. The molecule has 18 nitrogen and oxygen atoms in total. The molecule has 4 unspecified atom stereocenters. The quantitative estimate of drug-likeness (QED) is 0.0441. The molecule has 6 N–H and O–H groups in total. The van der Waals surface area contributed by atoms with E-state index in [1.807, 2.05) is 64.1 Å². The minimum Gasteiger partial charge on any atom is -0.494 e. The fourth-order valence-electron chi connectivity index (χ4n) is 7.48. The Morgan fingerprint density at radius 2 is 0.771 bits per heavy atom. The predicted molar refractivity (Wildman–Crippen MR) is 267 cm³/mol. The highest BCUT2D eigenvalue weighted by Crippen LogP contribution is 2.26. The Labute approximate surface area is 414 Å². The zero-order valence-corrected chi connectivity index (χ0v) is 43.9. The van der Waals surface area contributed by atoms with Crippen molar-refractivity contribution in [3.63, 3.8) is 0 Å². The molecule has 6 atom stereocenters. The highest BCUT2D eigenvalue weighted by Gasteiger charge is 2.34. The van der Waals surface area contributed by atoms with E-state index in [4.69, 9.17) is 18.9 Å². The standard InChI is InChI=1S/C52H82N6O12/c1-29(2)25-39(47(61)57-45(33(9)10)51(65)67-13)53-49(63)43(31(5)6)55-41(59)17-15-23-69-37-21-19-35-20-22-38(28-36(35)27-37)70-24-16-18-42(60)56-44(32(7)8)50(64)54-40(26-30(3)4)48(62)58-46(34(11)12)52(66)68-14/h19-22,27-34,39-40,43-46H,15-18,23-26H2,1-14H3,(H,53,63)(H,54,64)(H,55,59)(H,56,60)(H,57,61)(H,58,62)/t39?,40?,43?,44?,45-,46-/m0/s1. The number of rotatable bonds is 30. The number of hydrogen-bond acceptors (Lipinski definition) is 12. The summed E-state index contributed by atoms with van der Waals surface area (Å²) in [5, 5.41) is 18.4. The summed E-state index contributed by atoms with van der Waals surface area (Å²) in [5.74, 6) is -3.66. The van der Waals surface area contributed by atoms with E-state index in [1.54, 1.807) is 55.4 Å². The summed E-state index contributed by atoms with van der Waals surface area (Å²) in [6.45, 7) is 22.5. The lowest BCUT2D eigenvalue weighted by Crippen LogP contribution is -2.57. The molecule has 2 aromatic carbocycles. The highest BCUT2D eigenvalue weighted by molar-refractivity contribution is 5.95. The molecule has 18 heteroatoms. The van der Waals surface area contributed by atoms with E-state index >= 15 is 0 Å². The second-order valence-corrected chi connectivity index (χ2v) is 20.0. The lowest BCUT2D eigenvalue weighted by atomic mass is 9.98. The third-order valence-electron chi connectivity index (χ3n) is 11.5. The summed E-state index contributed by atoms with van der Waals surface area (Å²) < 4.78 is 21.7. The first-order chi connectivity index (χ1) is 32.9. The van der Waals surface area contributed by atoms with Gasteiger partial charge in [0.1, 0.15) is 47.8 Å². The van der Waals surface area contributed by atoms with Gasteiger partial charge in [0.05, 0.1) is 27.4 Å². The van der Waals surface area contributed by atoms with Gasteiger partial charge in [-0.25, -0.2) is 9.59 Å². The lowest BCUT2D eigenvalue weighted by molar-refractivity contribution is -0.147. The molecular formula is C52H82N6O12. The molecule has 0 aromatic heterocycles. The van der Waals surface area contributed by atoms with Crippen LogP contribution in [0.25, 0.3) is 10.8 Å². The largest absolute Gasteiger partial charge is 0.494 e. The summed E-state index contributed by atoms with van der Waals surface area (Å²) in [6.07, 6.45) is 1.55. The van der Waals surface area contributed by atoms with Crippen LogP contribution in [0, 0.1) is 35.5 Å². The number of carbonyl (C=O) groups is 8. The smallest absolute Gasteiger partial charge is 0.328 e. The number of ether oxygens (including phenoxy) is 4. The Balaban J connectivity index is 1.94. The summed E-state index contributed by atoms with van der Waals surface area (Å²) >= 11 is 0. The second-order valence-electron chi connectivity index (χ2n) is 20.0. The van der Waals surface area contributed by atoms with Crippen molar-refractivity contribution in [2.24, 2.45) is 35.5 Å². The number of nitrogens with one attached hydrogen (secondary N) is 6. The normalized spacial score (nSPS) is 14.1. The Bertz CT molecular complexity index is 1920. The Morgan fingerprint density at radius 1 is 0.429 bits per heavy atom. The van der Waals surface area contributed by atoms with Gasteiger partial charge in [-0.15, -0.1) is 0 Å². The summed E-state index contributed by atoms with van der Waals surface area (Å²) in [6, 6.07) is 5.77. The van der Waals surface area contributed by atoms with Gasteiger partial charge in [-0.1, -0.05) is 95.2 Å². The monoisotopic (exact) mass is 983 g/mol. The lowest BCUT2D eigenvalue weighted by Gasteiger charge is -2.28. The van der Waals surface area contributed by atoms with Crippen molar-refractivity contribution >= 4 is 58.2 Å². The van der Waals surface area contributed by atoms with Crippen LogP contribution in [0.3, 0.4) is 0 Å². The Morgan fingerprint density at radius 3 is 1.07 bits per heavy atom. The van der Waals surface area contributed by atoms with Crippen LogP contribution in [-0.2, 0) is 47.8 Å². The minimum atomic E-state index is -0.931. The van der Waals surface area contributed by atoms with Gasteiger partial charge in [-0.2, -0.15) is 0 Å². The van der Waals surface area contributed by atoms with Crippen molar-refractivity contribution in [2.45, 2.75) is 158 Å². The molecule has 0 aliphatic rings. The van der Waals surface area contributed by atoms with E-state index in [9.17, 15) is 38.4 Å². The molecular weight excluding hydrogens is 901 g/mol. The molecule has 392 valence electrons. The summed E-state index contributed by atoms with van der Waals surface area (Å²) in [4.78, 5) is 104. The highest BCUT2D eigenvalue weighted by atomic mass is 16.5. The van der Waals surface area contributed by atoms with E-state index in [-0.39, 0.29) is 73.4 Å². The molecule has 6 amide bonds. The van der Waals surface area contributed by atoms with Gasteiger partial charge in [-0.05, 0) is 96.2 Å². The number of hydrogen-bond donors (Lipinski definition) is 6. The molecule has 0 bridgehead atoms. The fourth-order valence-corrected chi connectivity index (χ4v) is 7.48. The van der Waals surface area contributed by atoms with Gasteiger partial charge in [0.2, 0.25) is 35.4 Å². The van der Waals surface area contributed by atoms with Crippen LogP contribution >= 0.6 is 0 Å². The van der Waals surface area contributed by atoms with Gasteiger partial charge in [0, 0.05) is 12.8 Å². The van der Waals surface area contributed by atoms with Crippen LogP contribution < -0.4 is 41.4 Å². The third-order valence-corrected chi connectivity index (χ3v) is 11.5. The van der Waals surface area contributed by atoms with E-state index in [1.165, 1.54) is 14.2 Å². The van der Waals surface area contributed by atoms with E-state index < -0.39 is 71.8 Å². The van der Waals surface area contributed by atoms with E-state index in [2.05, 4.69) is 31.9 Å². The molecule has 0 spiro atoms. The number of fused-ring (bicyclic) bond motifs is 1. The van der Waals surface area contributed by atoms with Gasteiger partial charge >= 0.3 is 11.9 Å². The Hall–Kier alpha value is -5.94. The summed E-state index contributed by atoms with van der Waals surface area (Å²) in [7, 11) is 2.50. The first kappa shape index (κ1) is 60.2. The van der Waals surface area contributed by atoms with Crippen LogP contribution in [0.4, 0.5) is 0 Å². The average Bonchev–Trinajstić information content (AvgIpc) is 3.28. The number of benzene rings is 2. The van der Waals surface area contributed by atoms with Crippen molar-refractivity contribution in [3.05, 3.63) is 36.4 Å². The number of esters is 2. The van der Waals surface area contributed by atoms with Crippen LogP contribution in [-0.4, -0.2) is 111 Å². The van der Waals surface area contributed by atoms with Crippen LogP contribution in [0.2, 0.25) is 0 Å². The van der Waals surface area contributed by atoms with E-state index in [0.717, 1.165) is 10.8 Å². The molecule has 2 rings (SSSR count). The summed E-state index contributed by atoms with van der Waals surface area (Å²) in [5.41, 5.74) is 0. The topological polar surface area (TPSA) is 246 Å². The zero-order valence-electron chi connectivity index (χ0n) is 43.9. The first-order valence-corrected chi connectivity index (χ1v) is 24.6. The van der Waals surface area contributed by atoms with Crippen molar-refractivity contribution in [2.75, 3.05) is 27.4 Å². The van der Waals surface area contributed by atoms with Gasteiger partial charge in [-0.3, -0.25) is 28.8 Å². The molecule has 0 radical (unpaired) electrons. The number of carbonyl (C=O) groups excluding carboxylic acids is 8. The maximum absolute atomic E-state index is 13.5. The third kappa shape index (κ3) is 20.6. The molecule has 0 aliphatic carbocycles. The maximum atomic E-state index is 13.5. The molecule has 0 saturated carbocycles. The van der Waals surface area contributed by atoms with Crippen LogP contribution in [0.5, 0.6) is 11.5 Å². The van der Waals surface area contributed by atoms with Crippen LogP contribution in [0.15, 0.2) is 36.4 Å².